The summed E-state index contributed by atoms with van der Waals surface area (Å²) in [7, 11) is 0. The van der Waals surface area contributed by atoms with Crippen LogP contribution >= 0.6 is 0 Å². The highest BCUT2D eigenvalue weighted by atomic mass is 16.4. The summed E-state index contributed by atoms with van der Waals surface area (Å²) in [6.07, 6.45) is 0.330. The molecule has 14 heteroatoms. The first-order valence-corrected chi connectivity index (χ1v) is 10.5. The summed E-state index contributed by atoms with van der Waals surface area (Å²) in [5, 5.41) is 16.3. The van der Waals surface area contributed by atoms with Gasteiger partial charge in [0.25, 0.3) is 0 Å². The molecule has 0 saturated carbocycles. The third-order valence-corrected chi connectivity index (χ3v) is 4.59. The van der Waals surface area contributed by atoms with Crippen LogP contribution in [0, 0.1) is 5.92 Å². The van der Waals surface area contributed by atoms with Crippen molar-refractivity contribution in [3.05, 3.63) is 0 Å². The Bertz CT molecular complexity index is 738. The zero-order valence-electron chi connectivity index (χ0n) is 19.2. The molecule has 0 aromatic rings. The van der Waals surface area contributed by atoms with E-state index in [1.54, 1.807) is 13.8 Å². The van der Waals surface area contributed by atoms with Crippen molar-refractivity contribution in [3.63, 3.8) is 0 Å². The van der Waals surface area contributed by atoms with E-state index in [9.17, 15) is 24.0 Å². The molecular formula is C19H36N8O6. The number of aliphatic carboxylic acids is 1. The number of primary amides is 1. The highest BCUT2D eigenvalue weighted by Gasteiger charge is 2.30. The standard InChI is InChI=1S/C19H36N8O6/c1-9(2)14(17(31)25-10(3)18(32)33)27-16(30)12(5-4-8-24-19(22)23)26-15(29)11(20)6-7-13(21)28/h9-12,14H,4-8,20H2,1-3H3,(H2,21,28)(H,25,31)(H,26,29)(H,27,30)(H,32,33)(H4,22,23,24). The van der Waals surface area contributed by atoms with E-state index in [0.717, 1.165) is 0 Å². The molecule has 0 spiro atoms. The fourth-order valence-corrected chi connectivity index (χ4v) is 2.63. The largest absolute Gasteiger partial charge is 0.480 e. The second kappa shape index (κ2) is 14.6. The smallest absolute Gasteiger partial charge is 0.325 e. The Kier molecular flexibility index (Phi) is 13.1. The van der Waals surface area contributed by atoms with E-state index < -0.39 is 53.8 Å². The van der Waals surface area contributed by atoms with Crippen LogP contribution in [0.25, 0.3) is 0 Å². The van der Waals surface area contributed by atoms with Gasteiger partial charge in [0, 0.05) is 13.0 Å². The number of rotatable bonds is 15. The van der Waals surface area contributed by atoms with Gasteiger partial charge in [-0.25, -0.2) is 0 Å². The molecule has 0 aromatic carbocycles. The highest BCUT2D eigenvalue weighted by molar-refractivity contribution is 5.94. The number of hydrogen-bond acceptors (Lipinski definition) is 7. The maximum atomic E-state index is 12.9. The Hall–Kier alpha value is -3.42. The first kappa shape index (κ1) is 29.6. The topological polar surface area (TPSA) is 258 Å². The van der Waals surface area contributed by atoms with Crippen LogP contribution in [0.2, 0.25) is 0 Å². The molecule has 4 atom stereocenters. The maximum Gasteiger partial charge on any atom is 0.325 e. The van der Waals surface area contributed by atoms with Gasteiger partial charge in [0.05, 0.1) is 6.04 Å². The van der Waals surface area contributed by atoms with Crippen LogP contribution in [-0.4, -0.2) is 71.4 Å². The predicted octanol–water partition coefficient (Wildman–Crippen LogP) is -3.15. The average molecular weight is 473 g/mol. The third-order valence-electron chi connectivity index (χ3n) is 4.59. The molecular weight excluding hydrogens is 436 g/mol. The Morgan fingerprint density at radius 3 is 1.97 bits per heavy atom. The van der Waals surface area contributed by atoms with Gasteiger partial charge in [-0.2, -0.15) is 0 Å². The van der Waals surface area contributed by atoms with E-state index in [4.69, 9.17) is 28.0 Å². The van der Waals surface area contributed by atoms with Crippen LogP contribution < -0.4 is 38.9 Å². The molecule has 0 rings (SSSR count). The van der Waals surface area contributed by atoms with Crippen molar-refractivity contribution in [2.24, 2.45) is 33.8 Å². The van der Waals surface area contributed by atoms with E-state index in [0.29, 0.717) is 6.42 Å². The highest BCUT2D eigenvalue weighted by Crippen LogP contribution is 2.06. The molecule has 4 unspecified atom stereocenters. The van der Waals surface area contributed by atoms with Gasteiger partial charge in [-0.05, 0) is 32.1 Å². The van der Waals surface area contributed by atoms with Crippen molar-refractivity contribution in [3.8, 4) is 0 Å². The first-order chi connectivity index (χ1) is 15.3. The fourth-order valence-electron chi connectivity index (χ4n) is 2.63. The average Bonchev–Trinajstić information content (AvgIpc) is 2.71. The molecule has 0 radical (unpaired) electrons. The van der Waals surface area contributed by atoms with Gasteiger partial charge in [-0.15, -0.1) is 0 Å². The summed E-state index contributed by atoms with van der Waals surface area (Å²) in [5.74, 6) is -4.39. The summed E-state index contributed by atoms with van der Waals surface area (Å²) >= 11 is 0. The Morgan fingerprint density at radius 1 is 0.879 bits per heavy atom. The number of carbonyl (C=O) groups is 5. The predicted molar refractivity (Wildman–Crippen MR) is 120 cm³/mol. The van der Waals surface area contributed by atoms with E-state index >= 15 is 0 Å². The van der Waals surface area contributed by atoms with Crippen LogP contribution in [0.15, 0.2) is 4.99 Å². The molecule has 4 amide bonds. The normalized spacial score (nSPS) is 14.3. The number of carboxylic acid groups (broad SMARTS) is 1. The third kappa shape index (κ3) is 12.3. The van der Waals surface area contributed by atoms with Gasteiger partial charge >= 0.3 is 5.97 Å². The Balaban J connectivity index is 5.38. The van der Waals surface area contributed by atoms with Crippen molar-refractivity contribution >= 4 is 35.6 Å². The molecule has 33 heavy (non-hydrogen) atoms. The lowest BCUT2D eigenvalue weighted by atomic mass is 10.0. The number of carboxylic acids is 1. The molecule has 0 bridgehead atoms. The molecule has 0 fully saturated rings. The molecule has 0 heterocycles. The van der Waals surface area contributed by atoms with Crippen molar-refractivity contribution in [2.75, 3.05) is 6.54 Å². The minimum atomic E-state index is -1.23. The molecule has 0 aliphatic rings. The van der Waals surface area contributed by atoms with Gasteiger partial charge in [0.15, 0.2) is 5.96 Å². The second-order valence-electron chi connectivity index (χ2n) is 7.92. The number of aliphatic imine (C=N–C) groups is 1. The van der Waals surface area contributed by atoms with Crippen molar-refractivity contribution < 1.29 is 29.1 Å². The zero-order valence-corrected chi connectivity index (χ0v) is 19.2. The monoisotopic (exact) mass is 472 g/mol. The Labute approximate surface area is 192 Å². The number of hydrogen-bond donors (Lipinski definition) is 8. The number of nitrogens with zero attached hydrogens (tertiary/aromatic N) is 1. The van der Waals surface area contributed by atoms with Gasteiger partial charge in [0.1, 0.15) is 18.1 Å². The maximum absolute atomic E-state index is 12.9. The molecule has 0 aliphatic heterocycles. The number of nitrogens with one attached hydrogen (secondary N) is 3. The van der Waals surface area contributed by atoms with Crippen LogP contribution in [0.3, 0.4) is 0 Å². The zero-order chi connectivity index (χ0) is 25.7. The lowest BCUT2D eigenvalue weighted by Crippen LogP contribution is -2.58. The lowest BCUT2D eigenvalue weighted by Gasteiger charge is -2.26. The van der Waals surface area contributed by atoms with Crippen molar-refractivity contribution in [1.82, 2.24) is 16.0 Å². The molecule has 14 nitrogen and oxygen atoms in total. The summed E-state index contributed by atoms with van der Waals surface area (Å²) in [5.41, 5.74) is 21.4. The van der Waals surface area contributed by atoms with Crippen molar-refractivity contribution in [1.29, 1.82) is 0 Å². The van der Waals surface area contributed by atoms with E-state index in [-0.39, 0.29) is 37.7 Å². The van der Waals surface area contributed by atoms with Crippen LogP contribution in [0.4, 0.5) is 0 Å². The minimum Gasteiger partial charge on any atom is -0.480 e. The van der Waals surface area contributed by atoms with Gasteiger partial charge < -0.3 is 44.0 Å². The molecule has 188 valence electrons. The summed E-state index contributed by atoms with van der Waals surface area (Å²) < 4.78 is 0. The van der Waals surface area contributed by atoms with Crippen LogP contribution in [-0.2, 0) is 24.0 Å². The molecule has 12 N–H and O–H groups in total. The van der Waals surface area contributed by atoms with Crippen LogP contribution in [0.1, 0.15) is 46.5 Å². The van der Waals surface area contributed by atoms with E-state index in [1.165, 1.54) is 6.92 Å². The van der Waals surface area contributed by atoms with Gasteiger partial charge in [-0.1, -0.05) is 13.8 Å². The number of nitrogens with two attached hydrogens (primary N) is 4. The first-order valence-electron chi connectivity index (χ1n) is 10.5. The van der Waals surface area contributed by atoms with Crippen LogP contribution in [0.5, 0.6) is 0 Å². The number of carbonyl (C=O) groups excluding carboxylic acids is 4. The number of guanidine groups is 1. The Morgan fingerprint density at radius 2 is 1.48 bits per heavy atom. The minimum absolute atomic E-state index is 0.00634. The van der Waals surface area contributed by atoms with Crippen molar-refractivity contribution in [2.45, 2.75) is 70.6 Å². The molecule has 0 aliphatic carbocycles. The van der Waals surface area contributed by atoms with Gasteiger partial charge in [-0.3, -0.25) is 29.0 Å². The van der Waals surface area contributed by atoms with E-state index in [2.05, 4.69) is 20.9 Å². The van der Waals surface area contributed by atoms with Gasteiger partial charge in [0.2, 0.25) is 23.6 Å². The lowest BCUT2D eigenvalue weighted by molar-refractivity contribution is -0.142. The molecule has 0 aromatic heterocycles. The fraction of sp³-hybridized carbons (Fsp3) is 0.684. The summed E-state index contributed by atoms with van der Waals surface area (Å²) in [6.45, 7) is 4.82. The summed E-state index contributed by atoms with van der Waals surface area (Å²) in [4.78, 5) is 63.6. The number of amides is 4. The summed E-state index contributed by atoms with van der Waals surface area (Å²) in [6, 6.07) is -4.38. The quantitative estimate of drug-likeness (QED) is 0.0678. The SMILES string of the molecule is CC(NC(=O)C(NC(=O)C(CCCN=C(N)N)NC(=O)C(N)CCC(N)=O)C(C)C)C(=O)O. The second-order valence-corrected chi connectivity index (χ2v) is 7.92. The van der Waals surface area contributed by atoms with E-state index in [1.807, 2.05) is 0 Å². The molecule has 0 saturated heterocycles.